The van der Waals surface area contributed by atoms with Crippen molar-refractivity contribution in [2.45, 2.75) is 0 Å². The molecule has 0 fully saturated rings. The largest absolute Gasteiger partial charge is 0.456 e. The molecule has 0 aliphatic heterocycles. The SMILES string of the molecule is [2H]c1c([2H])c([2H])c2c(-c3c([2H])c([2H])c4c(oc5ccccc54)c3[2H])c3c([2H])c([2H])c([2H])c([2H])c3c(-c3ccc4cc(-c5ccccc5)ccc4c3)c2c1[2H]. The quantitative estimate of drug-likeness (QED) is 0.197. The maximum atomic E-state index is 9.44. The molecule has 9 aromatic rings. The lowest BCUT2D eigenvalue weighted by Crippen LogP contribution is -1.91. The third-order valence-electron chi connectivity index (χ3n) is 8.01. The maximum absolute atomic E-state index is 9.44. The van der Waals surface area contributed by atoms with Gasteiger partial charge in [0.2, 0.25) is 0 Å². The van der Waals surface area contributed by atoms with Gasteiger partial charge in [0.05, 0.1) is 15.1 Å². The van der Waals surface area contributed by atoms with Gasteiger partial charge in [0.1, 0.15) is 11.2 Å². The Bertz CT molecular complexity index is 3030. The van der Waals surface area contributed by atoms with Crippen LogP contribution in [0.4, 0.5) is 0 Å². The molecule has 0 aliphatic rings. The van der Waals surface area contributed by atoms with Gasteiger partial charge in [0, 0.05) is 10.8 Å². The van der Waals surface area contributed by atoms with Crippen molar-refractivity contribution in [2.75, 3.05) is 0 Å². The minimum absolute atomic E-state index is 0.0244. The standard InChI is InChI=1S/C42H26O/c1-2-10-27(11-3-1)28-18-19-30-25-31(21-20-29(30)24-28)41-35-13-4-6-15-37(35)42(38-16-7-5-14-36(38)41)32-22-23-34-33-12-8-9-17-39(33)43-40(34)26-32/h1-26H/i4D,5D,6D,7D,13D,14D,15D,16D,22D,23D,26D. The Kier molecular flexibility index (Phi) is 3.41. The summed E-state index contributed by atoms with van der Waals surface area (Å²) < 4.78 is 106. The number of fused-ring (bicyclic) bond motifs is 6. The summed E-state index contributed by atoms with van der Waals surface area (Å²) in [5.41, 5.74) is 2.57. The molecule has 0 aliphatic carbocycles. The van der Waals surface area contributed by atoms with E-state index in [-0.39, 0.29) is 61.3 Å². The van der Waals surface area contributed by atoms with Crippen molar-refractivity contribution in [3.63, 3.8) is 0 Å². The number of rotatable bonds is 3. The van der Waals surface area contributed by atoms with Crippen molar-refractivity contribution in [3.8, 4) is 33.4 Å². The Labute approximate surface area is 264 Å². The smallest absolute Gasteiger partial charge is 0.136 e. The molecule has 0 radical (unpaired) electrons. The van der Waals surface area contributed by atoms with E-state index in [2.05, 4.69) is 0 Å². The van der Waals surface area contributed by atoms with Gasteiger partial charge in [-0.05, 0) is 96.0 Å². The van der Waals surface area contributed by atoms with E-state index in [0.717, 1.165) is 21.9 Å². The molecule has 0 bridgehead atoms. The topological polar surface area (TPSA) is 13.1 Å². The Morgan fingerprint density at radius 1 is 0.395 bits per heavy atom. The van der Waals surface area contributed by atoms with E-state index in [1.54, 1.807) is 30.3 Å². The van der Waals surface area contributed by atoms with Crippen molar-refractivity contribution >= 4 is 54.3 Å². The average Bonchev–Trinajstić information content (AvgIpc) is 3.59. The van der Waals surface area contributed by atoms with Crippen LogP contribution in [0.1, 0.15) is 15.1 Å². The van der Waals surface area contributed by atoms with Crippen LogP contribution < -0.4 is 0 Å². The molecular formula is C42H26O. The van der Waals surface area contributed by atoms with Crippen LogP contribution >= 0.6 is 0 Å². The minimum atomic E-state index is -0.596. The fourth-order valence-corrected chi connectivity index (χ4v) is 6.03. The highest BCUT2D eigenvalue weighted by Gasteiger charge is 2.18. The predicted octanol–water partition coefficient (Wildman–Crippen LogP) is 12.0. The summed E-state index contributed by atoms with van der Waals surface area (Å²) >= 11 is 0. The van der Waals surface area contributed by atoms with Crippen molar-refractivity contribution < 1.29 is 19.5 Å². The monoisotopic (exact) mass is 557 g/mol. The van der Waals surface area contributed by atoms with Gasteiger partial charge in [-0.3, -0.25) is 0 Å². The first kappa shape index (κ1) is 15.5. The molecule has 9 rings (SSSR count). The van der Waals surface area contributed by atoms with Crippen molar-refractivity contribution in [1.82, 2.24) is 0 Å². The van der Waals surface area contributed by atoms with Gasteiger partial charge in [0.25, 0.3) is 0 Å². The Balaban J connectivity index is 1.49. The van der Waals surface area contributed by atoms with Crippen LogP contribution in [0, 0.1) is 0 Å². The average molecular weight is 558 g/mol. The van der Waals surface area contributed by atoms with Crippen LogP contribution in [-0.4, -0.2) is 0 Å². The molecule has 1 nitrogen and oxygen atoms in total. The second kappa shape index (κ2) is 9.44. The highest BCUT2D eigenvalue weighted by molar-refractivity contribution is 6.22. The molecule has 0 saturated carbocycles. The molecule has 0 spiro atoms. The number of hydrogen-bond donors (Lipinski definition) is 0. The lowest BCUT2D eigenvalue weighted by Gasteiger charge is -2.18. The minimum Gasteiger partial charge on any atom is -0.456 e. The van der Waals surface area contributed by atoms with Crippen molar-refractivity contribution in [3.05, 3.63) is 157 Å². The van der Waals surface area contributed by atoms with Gasteiger partial charge in [0.15, 0.2) is 0 Å². The van der Waals surface area contributed by atoms with Crippen LogP contribution in [0.5, 0.6) is 0 Å². The molecule has 8 aromatic carbocycles. The van der Waals surface area contributed by atoms with Gasteiger partial charge in [-0.15, -0.1) is 0 Å². The Hall–Kier alpha value is -5.66. The van der Waals surface area contributed by atoms with Gasteiger partial charge in [-0.2, -0.15) is 0 Å². The normalized spacial score (nSPS) is 15.3. The van der Waals surface area contributed by atoms with Crippen LogP contribution in [0.25, 0.3) is 87.6 Å². The molecule has 0 saturated heterocycles. The second-order valence-corrected chi connectivity index (χ2v) is 10.4. The zero-order valence-electron chi connectivity index (χ0n) is 33.6. The zero-order chi connectivity index (χ0) is 37.9. The summed E-state index contributed by atoms with van der Waals surface area (Å²) in [4.78, 5) is 0. The lowest BCUT2D eigenvalue weighted by atomic mass is 9.85. The van der Waals surface area contributed by atoms with Crippen LogP contribution in [-0.2, 0) is 0 Å². The van der Waals surface area contributed by atoms with E-state index >= 15 is 0 Å². The number of hydrogen-bond acceptors (Lipinski definition) is 1. The van der Waals surface area contributed by atoms with Gasteiger partial charge < -0.3 is 4.42 Å². The van der Waals surface area contributed by atoms with E-state index in [0.29, 0.717) is 16.5 Å². The fraction of sp³-hybridized carbons (Fsp3) is 0. The van der Waals surface area contributed by atoms with E-state index in [1.165, 1.54) is 0 Å². The molecule has 1 heterocycles. The molecule has 1 aromatic heterocycles. The molecule has 43 heavy (non-hydrogen) atoms. The maximum Gasteiger partial charge on any atom is 0.136 e. The highest BCUT2D eigenvalue weighted by Crippen LogP contribution is 2.45. The second-order valence-electron chi connectivity index (χ2n) is 10.4. The van der Waals surface area contributed by atoms with Crippen LogP contribution in [0.15, 0.2) is 162 Å². The Morgan fingerprint density at radius 2 is 0.977 bits per heavy atom. The van der Waals surface area contributed by atoms with Gasteiger partial charge in [-0.25, -0.2) is 0 Å². The summed E-state index contributed by atoms with van der Waals surface area (Å²) in [6.45, 7) is 0. The first-order valence-corrected chi connectivity index (χ1v) is 13.9. The van der Waals surface area contributed by atoms with Crippen molar-refractivity contribution in [1.29, 1.82) is 0 Å². The number of benzene rings is 8. The van der Waals surface area contributed by atoms with Crippen LogP contribution in [0.2, 0.25) is 0 Å². The molecule has 1 heteroatoms. The number of furan rings is 1. The van der Waals surface area contributed by atoms with Crippen molar-refractivity contribution in [2.24, 2.45) is 0 Å². The van der Waals surface area contributed by atoms with E-state index < -0.39 is 54.4 Å². The summed E-state index contributed by atoms with van der Waals surface area (Å²) in [6, 6.07) is 22.8. The third kappa shape index (κ3) is 3.79. The molecule has 0 atom stereocenters. The number of para-hydroxylation sites is 1. The van der Waals surface area contributed by atoms with Gasteiger partial charge >= 0.3 is 0 Å². The first-order valence-electron chi connectivity index (χ1n) is 19.4. The molecular weight excluding hydrogens is 520 g/mol. The highest BCUT2D eigenvalue weighted by atomic mass is 16.3. The fourth-order valence-electron chi connectivity index (χ4n) is 6.03. The molecule has 0 N–H and O–H groups in total. The van der Waals surface area contributed by atoms with E-state index in [4.69, 9.17) is 11.3 Å². The predicted molar refractivity (Wildman–Crippen MR) is 183 cm³/mol. The first-order chi connectivity index (χ1) is 25.9. The lowest BCUT2D eigenvalue weighted by molar-refractivity contribution is 0.669. The third-order valence-corrected chi connectivity index (χ3v) is 8.01. The summed E-state index contributed by atoms with van der Waals surface area (Å²) in [5, 5.41) is 2.07. The summed E-state index contributed by atoms with van der Waals surface area (Å²) in [6.07, 6.45) is 0. The van der Waals surface area contributed by atoms with E-state index in [1.807, 2.05) is 60.7 Å². The van der Waals surface area contributed by atoms with Gasteiger partial charge in [-0.1, -0.05) is 127 Å². The summed E-state index contributed by atoms with van der Waals surface area (Å²) in [7, 11) is 0. The van der Waals surface area contributed by atoms with E-state index in [9.17, 15) is 8.22 Å². The Morgan fingerprint density at radius 3 is 1.67 bits per heavy atom. The zero-order valence-corrected chi connectivity index (χ0v) is 22.6. The molecule has 200 valence electrons. The molecule has 0 unspecified atom stereocenters. The summed E-state index contributed by atoms with van der Waals surface area (Å²) in [5.74, 6) is 0. The molecule has 0 amide bonds. The van der Waals surface area contributed by atoms with Crippen LogP contribution in [0.3, 0.4) is 0 Å².